The van der Waals surface area contributed by atoms with Crippen LogP contribution in [0.2, 0.25) is 0 Å². The number of nitrogens with one attached hydrogen (secondary N) is 2. The standard InChI is InChI=1S/C23H24N4O5/c1-4-10-32-21-19(30-2)11-15(12-20(21)31-3)14-24-27-22(28)18-13-17(25-23(29)26-18)16-8-6-5-7-9-16/h5-9,11-14H,4,10H2,1-3H3,(H,27,28)(H,25,26,29)/b24-14+. The zero-order valence-electron chi connectivity index (χ0n) is 18.0. The van der Waals surface area contributed by atoms with Crippen LogP contribution in [0.3, 0.4) is 0 Å². The van der Waals surface area contributed by atoms with Crippen molar-refractivity contribution in [3.8, 4) is 28.5 Å². The van der Waals surface area contributed by atoms with Gasteiger partial charge in [0.2, 0.25) is 5.75 Å². The Labute approximate surface area is 185 Å². The average Bonchev–Trinajstić information content (AvgIpc) is 2.82. The third-order valence-corrected chi connectivity index (χ3v) is 4.37. The molecule has 3 rings (SSSR count). The molecule has 2 aromatic carbocycles. The first-order valence-corrected chi connectivity index (χ1v) is 9.94. The highest BCUT2D eigenvalue weighted by Crippen LogP contribution is 2.38. The molecule has 9 heteroatoms. The molecule has 0 aliphatic rings. The van der Waals surface area contributed by atoms with E-state index in [2.05, 4.69) is 20.5 Å². The largest absolute Gasteiger partial charge is 0.493 e. The summed E-state index contributed by atoms with van der Waals surface area (Å²) in [5.74, 6) is 0.883. The van der Waals surface area contributed by atoms with Crippen molar-refractivity contribution in [1.29, 1.82) is 0 Å². The van der Waals surface area contributed by atoms with Crippen LogP contribution in [0, 0.1) is 0 Å². The number of carbonyl (C=O) groups is 1. The fourth-order valence-electron chi connectivity index (χ4n) is 2.88. The van der Waals surface area contributed by atoms with Gasteiger partial charge in [-0.3, -0.25) is 4.79 Å². The van der Waals surface area contributed by atoms with Gasteiger partial charge < -0.3 is 19.2 Å². The summed E-state index contributed by atoms with van der Waals surface area (Å²) in [6.45, 7) is 2.52. The molecule has 32 heavy (non-hydrogen) atoms. The Hall–Kier alpha value is -4.14. The second-order valence-corrected chi connectivity index (χ2v) is 6.65. The van der Waals surface area contributed by atoms with E-state index in [0.29, 0.717) is 35.1 Å². The number of methoxy groups -OCH3 is 2. The number of hydrazone groups is 1. The van der Waals surface area contributed by atoms with Crippen molar-refractivity contribution in [2.75, 3.05) is 20.8 Å². The molecule has 0 aliphatic heterocycles. The molecular formula is C23H24N4O5. The summed E-state index contributed by atoms with van der Waals surface area (Å²) in [6.07, 6.45) is 2.27. The number of ether oxygens (including phenoxy) is 3. The molecule has 0 unspecified atom stereocenters. The van der Waals surface area contributed by atoms with Crippen molar-refractivity contribution >= 4 is 12.1 Å². The molecule has 0 fully saturated rings. The molecule has 0 saturated carbocycles. The van der Waals surface area contributed by atoms with E-state index in [1.54, 1.807) is 24.3 Å². The number of aromatic amines is 1. The van der Waals surface area contributed by atoms with Gasteiger partial charge in [-0.05, 0) is 24.6 Å². The summed E-state index contributed by atoms with van der Waals surface area (Å²) in [5.41, 5.74) is 3.54. The van der Waals surface area contributed by atoms with Crippen molar-refractivity contribution in [3.63, 3.8) is 0 Å². The Bertz CT molecular complexity index is 1130. The minimum atomic E-state index is -0.627. The normalized spacial score (nSPS) is 10.7. The molecule has 166 valence electrons. The van der Waals surface area contributed by atoms with E-state index in [-0.39, 0.29) is 5.69 Å². The van der Waals surface area contributed by atoms with Crippen molar-refractivity contribution in [2.45, 2.75) is 13.3 Å². The van der Waals surface area contributed by atoms with E-state index in [0.717, 1.165) is 12.0 Å². The van der Waals surface area contributed by atoms with Crippen molar-refractivity contribution in [2.24, 2.45) is 5.10 Å². The average molecular weight is 436 g/mol. The van der Waals surface area contributed by atoms with Gasteiger partial charge in [0.05, 0.1) is 32.7 Å². The third kappa shape index (κ3) is 5.51. The van der Waals surface area contributed by atoms with E-state index in [9.17, 15) is 9.59 Å². The first-order chi connectivity index (χ1) is 15.5. The van der Waals surface area contributed by atoms with E-state index < -0.39 is 11.6 Å². The van der Waals surface area contributed by atoms with Gasteiger partial charge in [-0.15, -0.1) is 0 Å². The predicted octanol–water partition coefficient (Wildman–Crippen LogP) is 3.01. The van der Waals surface area contributed by atoms with Crippen molar-refractivity contribution < 1.29 is 19.0 Å². The quantitative estimate of drug-likeness (QED) is 0.394. The maximum absolute atomic E-state index is 12.5. The Morgan fingerprint density at radius 2 is 1.81 bits per heavy atom. The Kier molecular flexibility index (Phi) is 7.58. The molecule has 0 bridgehead atoms. The number of aromatic nitrogens is 2. The van der Waals surface area contributed by atoms with Crippen LogP contribution in [0.4, 0.5) is 0 Å². The maximum atomic E-state index is 12.5. The highest BCUT2D eigenvalue weighted by molar-refractivity contribution is 5.94. The topological polar surface area (TPSA) is 115 Å². The summed E-state index contributed by atoms with van der Waals surface area (Å²) in [5, 5.41) is 3.97. The van der Waals surface area contributed by atoms with Crippen LogP contribution in [0.25, 0.3) is 11.3 Å². The van der Waals surface area contributed by atoms with Gasteiger partial charge in [0.1, 0.15) is 5.69 Å². The molecule has 2 N–H and O–H groups in total. The maximum Gasteiger partial charge on any atom is 0.346 e. The number of rotatable bonds is 9. The monoisotopic (exact) mass is 436 g/mol. The van der Waals surface area contributed by atoms with Crippen molar-refractivity contribution in [3.05, 3.63) is 70.3 Å². The lowest BCUT2D eigenvalue weighted by atomic mass is 10.1. The molecule has 1 amide bonds. The van der Waals surface area contributed by atoms with Crippen LogP contribution in [0.15, 0.2) is 58.4 Å². The molecule has 0 saturated heterocycles. The second-order valence-electron chi connectivity index (χ2n) is 6.65. The lowest BCUT2D eigenvalue weighted by Gasteiger charge is -2.14. The molecule has 0 aliphatic carbocycles. The van der Waals surface area contributed by atoms with Gasteiger partial charge in [-0.25, -0.2) is 10.2 Å². The third-order valence-electron chi connectivity index (χ3n) is 4.37. The fraction of sp³-hybridized carbons (Fsp3) is 0.217. The van der Waals surface area contributed by atoms with Gasteiger partial charge in [-0.2, -0.15) is 10.1 Å². The highest BCUT2D eigenvalue weighted by Gasteiger charge is 2.14. The first kappa shape index (κ1) is 22.5. The highest BCUT2D eigenvalue weighted by atomic mass is 16.5. The summed E-state index contributed by atoms with van der Waals surface area (Å²) >= 11 is 0. The number of hydrogen-bond acceptors (Lipinski definition) is 7. The van der Waals surface area contributed by atoms with Crippen molar-refractivity contribution in [1.82, 2.24) is 15.4 Å². The number of H-pyrrole nitrogens is 1. The van der Waals surface area contributed by atoms with Crippen LogP contribution in [-0.4, -0.2) is 42.9 Å². The summed E-state index contributed by atoms with van der Waals surface area (Å²) in [7, 11) is 3.06. The molecular weight excluding hydrogens is 412 g/mol. The van der Waals surface area contributed by atoms with Gasteiger partial charge in [0.25, 0.3) is 5.91 Å². The minimum absolute atomic E-state index is 0.0412. The summed E-state index contributed by atoms with van der Waals surface area (Å²) in [4.78, 5) is 30.7. The minimum Gasteiger partial charge on any atom is -0.493 e. The second kappa shape index (κ2) is 10.8. The zero-order valence-corrected chi connectivity index (χ0v) is 18.0. The fourth-order valence-corrected chi connectivity index (χ4v) is 2.88. The van der Waals surface area contributed by atoms with Crippen LogP contribution in [0.1, 0.15) is 29.4 Å². The Balaban J connectivity index is 1.78. The Morgan fingerprint density at radius 3 is 2.44 bits per heavy atom. The molecule has 0 radical (unpaired) electrons. The SMILES string of the molecule is CCCOc1c(OC)cc(/C=N/NC(=O)c2cc(-c3ccccc3)nc(=O)[nH]2)cc1OC. The molecule has 0 spiro atoms. The molecule has 1 aromatic heterocycles. The van der Waals surface area contributed by atoms with E-state index in [1.807, 2.05) is 25.1 Å². The Morgan fingerprint density at radius 1 is 1.12 bits per heavy atom. The van der Waals surface area contributed by atoms with Gasteiger partial charge in [0.15, 0.2) is 11.5 Å². The van der Waals surface area contributed by atoms with Gasteiger partial charge in [0, 0.05) is 11.1 Å². The number of amides is 1. The molecule has 1 heterocycles. The zero-order chi connectivity index (χ0) is 22.9. The van der Waals surface area contributed by atoms with Crippen LogP contribution >= 0.6 is 0 Å². The smallest absolute Gasteiger partial charge is 0.346 e. The lowest BCUT2D eigenvalue weighted by Crippen LogP contribution is -2.24. The van der Waals surface area contributed by atoms with Crippen LogP contribution in [0.5, 0.6) is 17.2 Å². The van der Waals surface area contributed by atoms with Crippen LogP contribution in [-0.2, 0) is 0 Å². The number of hydrogen-bond donors (Lipinski definition) is 2. The summed E-state index contributed by atoms with van der Waals surface area (Å²) in [6, 6.07) is 14.0. The number of benzene rings is 2. The van der Waals surface area contributed by atoms with E-state index in [4.69, 9.17) is 14.2 Å². The number of nitrogens with zero attached hydrogens (tertiary/aromatic N) is 2. The van der Waals surface area contributed by atoms with Gasteiger partial charge in [-0.1, -0.05) is 37.3 Å². The summed E-state index contributed by atoms with van der Waals surface area (Å²) < 4.78 is 16.5. The van der Waals surface area contributed by atoms with E-state index >= 15 is 0 Å². The first-order valence-electron chi connectivity index (χ1n) is 9.94. The van der Waals surface area contributed by atoms with Gasteiger partial charge >= 0.3 is 5.69 Å². The lowest BCUT2D eigenvalue weighted by molar-refractivity contribution is 0.0949. The predicted molar refractivity (Wildman–Crippen MR) is 121 cm³/mol. The molecule has 9 nitrogen and oxygen atoms in total. The van der Waals surface area contributed by atoms with E-state index in [1.165, 1.54) is 26.5 Å². The molecule has 0 atom stereocenters. The molecule has 3 aromatic rings. The number of carbonyl (C=O) groups excluding carboxylic acids is 1. The van der Waals surface area contributed by atoms with Crippen LogP contribution < -0.4 is 25.3 Å².